The van der Waals surface area contributed by atoms with Crippen molar-refractivity contribution >= 4 is 0 Å². The van der Waals surface area contributed by atoms with Crippen LogP contribution in [0.2, 0.25) is 0 Å². The number of hydrogen-bond donors (Lipinski definition) is 0. The van der Waals surface area contributed by atoms with Crippen LogP contribution in [0.4, 0.5) is 0 Å². The zero-order valence-corrected chi connectivity index (χ0v) is 18.4. The Morgan fingerprint density at radius 3 is 2.72 bits per heavy atom. The predicted octanol–water partition coefficient (Wildman–Crippen LogP) is 4.86. The number of pyridine rings is 1. The fraction of sp³-hybridized carbons (Fsp3) is 0.370. The molecule has 3 heterocycles. The van der Waals surface area contributed by atoms with Crippen molar-refractivity contribution in [1.82, 2.24) is 9.88 Å². The van der Waals surface area contributed by atoms with E-state index in [-0.39, 0.29) is 11.7 Å². The molecule has 5 heteroatoms. The minimum atomic E-state index is -0.110. The maximum Gasteiger partial charge on any atom is 0.130 e. The molecule has 0 radical (unpaired) electrons. The molecule has 5 rings (SSSR count). The van der Waals surface area contributed by atoms with Crippen LogP contribution in [0.1, 0.15) is 30.5 Å². The lowest BCUT2D eigenvalue weighted by molar-refractivity contribution is -0.0539. The van der Waals surface area contributed by atoms with E-state index in [1.54, 1.807) is 6.20 Å². The quantitative estimate of drug-likeness (QED) is 0.535. The topological polar surface area (TPSA) is 43.8 Å². The smallest absolute Gasteiger partial charge is 0.130 e. The monoisotopic (exact) mass is 430 g/mol. The number of likely N-dealkylation sites (tertiary alicyclic amines) is 1. The minimum absolute atomic E-state index is 0.110. The van der Waals surface area contributed by atoms with Gasteiger partial charge < -0.3 is 14.2 Å². The Labute approximate surface area is 190 Å². The number of rotatable bonds is 7. The fourth-order valence-electron chi connectivity index (χ4n) is 4.83. The first kappa shape index (κ1) is 21.0. The van der Waals surface area contributed by atoms with E-state index in [4.69, 9.17) is 14.2 Å². The van der Waals surface area contributed by atoms with E-state index < -0.39 is 0 Å². The average Bonchev–Trinajstić information content (AvgIpc) is 3.21. The van der Waals surface area contributed by atoms with Crippen LogP contribution in [0, 0.1) is 0 Å². The van der Waals surface area contributed by atoms with Crippen molar-refractivity contribution in [2.45, 2.75) is 44.1 Å². The Kier molecular flexibility index (Phi) is 6.37. The van der Waals surface area contributed by atoms with Gasteiger partial charge in [-0.2, -0.15) is 0 Å². The van der Waals surface area contributed by atoms with Crippen LogP contribution in [0.15, 0.2) is 79.0 Å². The van der Waals surface area contributed by atoms with Gasteiger partial charge in [-0.15, -0.1) is 0 Å². The summed E-state index contributed by atoms with van der Waals surface area (Å²) in [6, 6.07) is 24.3. The van der Waals surface area contributed by atoms with E-state index in [9.17, 15) is 0 Å². The molecule has 0 amide bonds. The predicted molar refractivity (Wildman–Crippen MR) is 124 cm³/mol. The van der Waals surface area contributed by atoms with Gasteiger partial charge in [0.15, 0.2) is 0 Å². The Bertz CT molecular complexity index is 998. The number of benzene rings is 2. The Hall–Kier alpha value is -2.89. The molecule has 2 atom stereocenters. The lowest BCUT2D eigenvalue weighted by Crippen LogP contribution is -2.47. The second-order valence-corrected chi connectivity index (χ2v) is 8.78. The summed E-state index contributed by atoms with van der Waals surface area (Å²) in [4.78, 5) is 6.86. The maximum atomic E-state index is 6.36. The van der Waals surface area contributed by atoms with Crippen LogP contribution in [-0.4, -0.2) is 41.3 Å². The van der Waals surface area contributed by atoms with E-state index in [0.29, 0.717) is 13.2 Å². The van der Waals surface area contributed by atoms with Crippen LogP contribution in [-0.2, 0) is 17.9 Å². The SMILES string of the molecule is c1ccc(O[C@H]2CO[C@@]3(CCCN(Cc4ccccc4OCc4ccccn4)C3)C2)cc1. The third-order valence-electron chi connectivity index (χ3n) is 6.31. The molecular weight excluding hydrogens is 400 g/mol. The number of para-hydroxylation sites is 2. The molecule has 2 fully saturated rings. The van der Waals surface area contributed by atoms with Gasteiger partial charge in [-0.1, -0.05) is 42.5 Å². The Morgan fingerprint density at radius 1 is 1.00 bits per heavy atom. The largest absolute Gasteiger partial charge is 0.488 e. The van der Waals surface area contributed by atoms with Gasteiger partial charge >= 0.3 is 0 Å². The van der Waals surface area contributed by atoms with E-state index >= 15 is 0 Å². The highest BCUT2D eigenvalue weighted by Gasteiger charge is 2.44. The summed E-state index contributed by atoms with van der Waals surface area (Å²) in [5.74, 6) is 1.85. The first-order valence-corrected chi connectivity index (χ1v) is 11.5. The van der Waals surface area contributed by atoms with E-state index in [1.807, 2.05) is 60.7 Å². The number of piperidine rings is 1. The summed E-state index contributed by atoms with van der Waals surface area (Å²) >= 11 is 0. The minimum Gasteiger partial charge on any atom is -0.488 e. The highest BCUT2D eigenvalue weighted by Crippen LogP contribution is 2.37. The molecule has 2 aliphatic heterocycles. The van der Waals surface area contributed by atoms with E-state index in [0.717, 1.165) is 56.1 Å². The van der Waals surface area contributed by atoms with Gasteiger partial charge in [-0.25, -0.2) is 0 Å². The summed E-state index contributed by atoms with van der Waals surface area (Å²) in [5.41, 5.74) is 2.03. The second kappa shape index (κ2) is 9.72. The molecule has 1 spiro atoms. The molecule has 2 aromatic carbocycles. The van der Waals surface area contributed by atoms with Gasteiger partial charge in [-0.3, -0.25) is 9.88 Å². The fourth-order valence-corrected chi connectivity index (χ4v) is 4.83. The van der Waals surface area contributed by atoms with Crippen molar-refractivity contribution in [2.75, 3.05) is 19.7 Å². The zero-order valence-electron chi connectivity index (χ0n) is 18.4. The molecule has 5 nitrogen and oxygen atoms in total. The standard InChI is InChI=1S/C27H30N2O3/c1-2-11-24(12-3-1)32-25-17-27(31-20-25)14-8-16-29(21-27)18-22-9-4-5-13-26(22)30-19-23-10-6-7-15-28-23/h1-7,9-13,15,25H,8,14,16-21H2/t25-,27+/m1/s1. The number of ether oxygens (including phenoxy) is 3. The van der Waals surface area contributed by atoms with Crippen LogP contribution < -0.4 is 9.47 Å². The van der Waals surface area contributed by atoms with Gasteiger partial charge in [0.05, 0.1) is 17.9 Å². The molecule has 166 valence electrons. The van der Waals surface area contributed by atoms with Gasteiger partial charge in [0.1, 0.15) is 24.2 Å². The summed E-state index contributed by atoms with van der Waals surface area (Å²) in [6.45, 7) is 3.99. The zero-order chi connectivity index (χ0) is 21.6. The molecule has 0 N–H and O–H groups in total. The van der Waals surface area contributed by atoms with Crippen molar-refractivity contribution in [1.29, 1.82) is 0 Å². The Morgan fingerprint density at radius 2 is 1.84 bits per heavy atom. The molecule has 0 bridgehead atoms. The first-order chi connectivity index (χ1) is 15.8. The molecule has 1 aromatic heterocycles. The maximum absolute atomic E-state index is 6.36. The molecule has 2 saturated heterocycles. The third kappa shape index (κ3) is 5.12. The molecule has 0 aliphatic carbocycles. The van der Waals surface area contributed by atoms with Gasteiger partial charge in [0.2, 0.25) is 0 Å². The first-order valence-electron chi connectivity index (χ1n) is 11.5. The van der Waals surface area contributed by atoms with Crippen molar-refractivity contribution in [3.8, 4) is 11.5 Å². The van der Waals surface area contributed by atoms with E-state index in [2.05, 4.69) is 22.0 Å². The molecule has 2 aliphatic rings. The van der Waals surface area contributed by atoms with Crippen LogP contribution in [0.5, 0.6) is 11.5 Å². The van der Waals surface area contributed by atoms with Crippen molar-refractivity contribution < 1.29 is 14.2 Å². The van der Waals surface area contributed by atoms with Crippen molar-refractivity contribution in [3.63, 3.8) is 0 Å². The molecule has 3 aromatic rings. The summed E-state index contributed by atoms with van der Waals surface area (Å²) in [6.07, 6.45) is 5.08. The second-order valence-electron chi connectivity index (χ2n) is 8.78. The molecular formula is C27H30N2O3. The van der Waals surface area contributed by atoms with Gasteiger partial charge in [0.25, 0.3) is 0 Å². The highest BCUT2D eigenvalue weighted by molar-refractivity contribution is 5.33. The molecule has 0 saturated carbocycles. The van der Waals surface area contributed by atoms with Crippen LogP contribution >= 0.6 is 0 Å². The summed E-state index contributed by atoms with van der Waals surface area (Å²) in [7, 11) is 0. The van der Waals surface area contributed by atoms with E-state index in [1.165, 1.54) is 5.56 Å². The highest BCUT2D eigenvalue weighted by atomic mass is 16.6. The third-order valence-corrected chi connectivity index (χ3v) is 6.31. The summed E-state index contributed by atoms with van der Waals surface area (Å²) in [5, 5.41) is 0. The Balaban J connectivity index is 1.20. The van der Waals surface area contributed by atoms with Crippen molar-refractivity contribution in [2.24, 2.45) is 0 Å². The summed E-state index contributed by atoms with van der Waals surface area (Å²) < 4.78 is 18.7. The molecule has 32 heavy (non-hydrogen) atoms. The average molecular weight is 431 g/mol. The molecule has 0 unspecified atom stereocenters. The normalized spacial score (nSPS) is 23.3. The lowest BCUT2D eigenvalue weighted by atomic mass is 9.89. The number of nitrogens with zero attached hydrogens (tertiary/aromatic N) is 2. The van der Waals surface area contributed by atoms with Gasteiger partial charge in [0, 0.05) is 31.3 Å². The number of hydrogen-bond acceptors (Lipinski definition) is 5. The lowest BCUT2D eigenvalue weighted by Gasteiger charge is -2.39. The van der Waals surface area contributed by atoms with Gasteiger partial charge in [-0.05, 0) is 49.7 Å². The van der Waals surface area contributed by atoms with Crippen LogP contribution in [0.25, 0.3) is 0 Å². The van der Waals surface area contributed by atoms with Crippen molar-refractivity contribution in [3.05, 3.63) is 90.3 Å². The number of aromatic nitrogens is 1. The van der Waals surface area contributed by atoms with Crippen LogP contribution in [0.3, 0.4) is 0 Å².